The number of alkyl halides is 3. The first kappa shape index (κ1) is 22.4. The zero-order valence-electron chi connectivity index (χ0n) is 18.4. The molecule has 4 rings (SSSR count). The van der Waals surface area contributed by atoms with Crippen LogP contribution in [-0.4, -0.2) is 74.6 Å². The zero-order valence-corrected chi connectivity index (χ0v) is 18.4. The molecule has 172 valence electrons. The van der Waals surface area contributed by atoms with Crippen LogP contribution in [0.3, 0.4) is 0 Å². The molecule has 5 nitrogen and oxygen atoms in total. The largest absolute Gasteiger partial charge is 0.416 e. The third-order valence-electron chi connectivity index (χ3n) is 7.11. The average molecular weight is 439 g/mol. The first-order chi connectivity index (χ1) is 14.7. The summed E-state index contributed by atoms with van der Waals surface area (Å²) >= 11 is 0. The van der Waals surface area contributed by atoms with Crippen molar-refractivity contribution in [2.24, 2.45) is 5.92 Å². The van der Waals surface area contributed by atoms with Crippen molar-refractivity contribution in [3.05, 3.63) is 29.3 Å². The summed E-state index contributed by atoms with van der Waals surface area (Å²) in [5, 5.41) is 3.03. The summed E-state index contributed by atoms with van der Waals surface area (Å²) < 4.78 is 39.9. The summed E-state index contributed by atoms with van der Waals surface area (Å²) in [4.78, 5) is 19.9. The van der Waals surface area contributed by atoms with Crippen molar-refractivity contribution >= 4 is 11.6 Å². The Bertz CT molecular complexity index is 792. The second-order valence-electron chi connectivity index (χ2n) is 9.44. The number of hydrogen-bond donors (Lipinski definition) is 1. The van der Waals surface area contributed by atoms with Crippen LogP contribution in [0.1, 0.15) is 36.8 Å². The lowest BCUT2D eigenvalue weighted by Crippen LogP contribution is -2.62. The molecule has 2 aliphatic heterocycles. The van der Waals surface area contributed by atoms with E-state index in [1.165, 1.54) is 37.8 Å². The Hall–Kier alpha value is -1.80. The van der Waals surface area contributed by atoms with Crippen LogP contribution in [-0.2, 0) is 17.4 Å². The normalized spacial score (nSPS) is 24.9. The number of halogens is 3. The fourth-order valence-corrected chi connectivity index (χ4v) is 5.46. The van der Waals surface area contributed by atoms with Crippen LogP contribution < -0.4 is 10.2 Å². The maximum atomic E-state index is 13.3. The number of carbonyl (C=O) groups is 1. The van der Waals surface area contributed by atoms with Gasteiger partial charge in [0, 0.05) is 44.5 Å². The van der Waals surface area contributed by atoms with E-state index in [0.717, 1.165) is 31.9 Å². The summed E-state index contributed by atoms with van der Waals surface area (Å²) in [7, 11) is 3.90. The second kappa shape index (κ2) is 8.98. The second-order valence-corrected chi connectivity index (χ2v) is 9.44. The Balaban J connectivity index is 1.59. The quantitative estimate of drug-likeness (QED) is 0.767. The van der Waals surface area contributed by atoms with Gasteiger partial charge in [-0.25, -0.2) is 0 Å². The van der Waals surface area contributed by atoms with Crippen LogP contribution in [0.5, 0.6) is 0 Å². The van der Waals surface area contributed by atoms with E-state index in [-0.39, 0.29) is 17.9 Å². The molecule has 1 saturated heterocycles. The number of anilines is 1. The number of rotatable bonds is 5. The molecule has 1 aromatic carbocycles. The molecule has 2 heterocycles. The molecule has 0 aromatic heterocycles. The fourth-order valence-electron chi connectivity index (χ4n) is 5.46. The minimum Gasteiger partial charge on any atom is -0.365 e. The van der Waals surface area contributed by atoms with Crippen molar-refractivity contribution in [1.29, 1.82) is 0 Å². The Morgan fingerprint density at radius 1 is 1.19 bits per heavy atom. The predicted octanol–water partition coefficient (Wildman–Crippen LogP) is 2.99. The molecule has 0 bridgehead atoms. The topological polar surface area (TPSA) is 38.8 Å². The molecule has 1 aromatic rings. The lowest BCUT2D eigenvalue weighted by atomic mass is 9.82. The van der Waals surface area contributed by atoms with Crippen LogP contribution in [0.2, 0.25) is 0 Å². The molecule has 1 amide bonds. The molecule has 0 spiro atoms. The van der Waals surface area contributed by atoms with Gasteiger partial charge in [-0.05, 0) is 57.1 Å². The third kappa shape index (κ3) is 4.85. The maximum absolute atomic E-state index is 13.3. The Morgan fingerprint density at radius 3 is 2.61 bits per heavy atom. The number of amides is 1. The molecule has 2 atom stereocenters. The highest BCUT2D eigenvalue weighted by Crippen LogP contribution is 2.40. The van der Waals surface area contributed by atoms with Crippen molar-refractivity contribution in [3.8, 4) is 0 Å². The Morgan fingerprint density at radius 2 is 1.94 bits per heavy atom. The van der Waals surface area contributed by atoms with E-state index in [2.05, 4.69) is 15.1 Å². The molecular weight excluding hydrogens is 405 g/mol. The smallest absolute Gasteiger partial charge is 0.365 e. The molecule has 1 aliphatic carbocycles. The van der Waals surface area contributed by atoms with Crippen molar-refractivity contribution in [3.63, 3.8) is 0 Å². The van der Waals surface area contributed by atoms with Gasteiger partial charge in [-0.1, -0.05) is 12.8 Å². The van der Waals surface area contributed by atoms with Gasteiger partial charge in [0.25, 0.3) is 0 Å². The van der Waals surface area contributed by atoms with E-state index in [0.29, 0.717) is 24.6 Å². The van der Waals surface area contributed by atoms with Gasteiger partial charge in [-0.15, -0.1) is 0 Å². The van der Waals surface area contributed by atoms with Crippen molar-refractivity contribution < 1.29 is 18.0 Å². The van der Waals surface area contributed by atoms with Gasteiger partial charge in [0.1, 0.15) is 0 Å². The number of hydrogen-bond acceptors (Lipinski definition) is 4. The van der Waals surface area contributed by atoms with Crippen LogP contribution in [0.15, 0.2) is 18.2 Å². The minimum absolute atomic E-state index is 0.00190. The lowest BCUT2D eigenvalue weighted by molar-refractivity contribution is -0.137. The van der Waals surface area contributed by atoms with E-state index in [4.69, 9.17) is 0 Å². The number of benzene rings is 1. The summed E-state index contributed by atoms with van der Waals surface area (Å²) in [6, 6.07) is 4.61. The number of nitrogens with one attached hydrogen (secondary N) is 1. The third-order valence-corrected chi connectivity index (χ3v) is 7.11. The van der Waals surface area contributed by atoms with Gasteiger partial charge in [0.05, 0.1) is 17.5 Å². The Kier molecular flexibility index (Phi) is 6.49. The van der Waals surface area contributed by atoms with Gasteiger partial charge < -0.3 is 15.1 Å². The number of piperazine rings is 1. The summed E-state index contributed by atoms with van der Waals surface area (Å²) in [6.07, 6.45) is 0.902. The summed E-state index contributed by atoms with van der Waals surface area (Å²) in [5.74, 6) is -0.393. The number of fused-ring (bicyclic) bond motifs is 3. The monoisotopic (exact) mass is 438 g/mol. The standard InChI is InChI=1S/C23H33F3N4O/c1-28(2)10-9-27-22(31)19-14-16-13-17(23(24,25)26)7-8-20(16)30-12-11-29(15-21(19)30)18-5-3-4-6-18/h7-8,13,18-19,21H,3-6,9-12,14-15H2,1-2H3,(H,27,31). The minimum atomic E-state index is -4.38. The molecule has 3 aliphatic rings. The highest BCUT2D eigenvalue weighted by atomic mass is 19.4. The van der Waals surface area contributed by atoms with Crippen molar-refractivity contribution in [2.45, 2.75) is 50.4 Å². The zero-order chi connectivity index (χ0) is 22.2. The van der Waals surface area contributed by atoms with Crippen LogP contribution in [0, 0.1) is 5.92 Å². The van der Waals surface area contributed by atoms with Crippen LogP contribution in [0.25, 0.3) is 0 Å². The SMILES string of the molecule is CN(C)CCNC(=O)C1Cc2cc(C(F)(F)F)ccc2N2CCN(C3CCCC3)CC12. The summed E-state index contributed by atoms with van der Waals surface area (Å²) in [5.41, 5.74) is 0.857. The Labute approximate surface area is 182 Å². The van der Waals surface area contributed by atoms with Crippen LogP contribution >= 0.6 is 0 Å². The van der Waals surface area contributed by atoms with E-state index in [1.807, 2.05) is 19.0 Å². The van der Waals surface area contributed by atoms with Gasteiger partial charge in [0.2, 0.25) is 5.91 Å². The highest BCUT2D eigenvalue weighted by molar-refractivity contribution is 5.82. The van der Waals surface area contributed by atoms with Gasteiger partial charge in [0.15, 0.2) is 0 Å². The molecule has 1 N–H and O–H groups in total. The molecule has 2 fully saturated rings. The lowest BCUT2D eigenvalue weighted by Gasteiger charge is -2.50. The van der Waals surface area contributed by atoms with E-state index >= 15 is 0 Å². The van der Waals surface area contributed by atoms with Gasteiger partial charge >= 0.3 is 6.18 Å². The number of carbonyl (C=O) groups excluding carboxylic acids is 1. The number of nitrogens with zero attached hydrogens (tertiary/aromatic N) is 3. The van der Waals surface area contributed by atoms with Crippen molar-refractivity contribution in [2.75, 3.05) is 51.7 Å². The van der Waals surface area contributed by atoms with E-state index in [1.54, 1.807) is 6.07 Å². The number of likely N-dealkylation sites (N-methyl/N-ethyl adjacent to an activating group) is 1. The summed E-state index contributed by atoms with van der Waals surface area (Å²) in [6.45, 7) is 3.72. The highest BCUT2D eigenvalue weighted by Gasteiger charge is 2.43. The van der Waals surface area contributed by atoms with Crippen LogP contribution in [0.4, 0.5) is 18.9 Å². The van der Waals surface area contributed by atoms with Crippen molar-refractivity contribution in [1.82, 2.24) is 15.1 Å². The molecule has 2 unspecified atom stereocenters. The molecule has 0 radical (unpaired) electrons. The first-order valence-electron chi connectivity index (χ1n) is 11.4. The molecule has 8 heteroatoms. The first-order valence-corrected chi connectivity index (χ1v) is 11.4. The van der Waals surface area contributed by atoms with Gasteiger partial charge in [-0.2, -0.15) is 13.2 Å². The maximum Gasteiger partial charge on any atom is 0.416 e. The average Bonchev–Trinajstić information content (AvgIpc) is 3.26. The van der Waals surface area contributed by atoms with Gasteiger partial charge in [-0.3, -0.25) is 9.69 Å². The van der Waals surface area contributed by atoms with E-state index in [9.17, 15) is 18.0 Å². The fraction of sp³-hybridized carbons (Fsp3) is 0.696. The molecular formula is C23H33F3N4O. The predicted molar refractivity (Wildman–Crippen MR) is 115 cm³/mol. The molecule has 1 saturated carbocycles. The molecule has 31 heavy (non-hydrogen) atoms. The van der Waals surface area contributed by atoms with E-state index < -0.39 is 11.7 Å².